The third-order valence-corrected chi connectivity index (χ3v) is 5.45. The number of nitrogens with zero attached hydrogens (tertiary/aromatic N) is 1. The fourth-order valence-electron chi connectivity index (χ4n) is 2.85. The number of amides is 1. The number of ether oxygens (including phenoxy) is 1. The van der Waals surface area contributed by atoms with Gasteiger partial charge in [0.15, 0.2) is 5.54 Å². The number of rotatable bonds is 5. The Morgan fingerprint density at radius 3 is 2.59 bits per heavy atom. The van der Waals surface area contributed by atoms with Crippen LogP contribution in [-0.4, -0.2) is 45.2 Å². The zero-order chi connectivity index (χ0) is 16.2. The third-order valence-electron chi connectivity index (χ3n) is 4.12. The SMILES string of the molecule is CCN(C(=O)OCc1ccccc1)C1(C(=O)O)CCSC1C. The molecule has 2 unspecified atom stereocenters. The molecule has 0 aromatic heterocycles. The highest BCUT2D eigenvalue weighted by Crippen LogP contribution is 2.40. The molecule has 1 aliphatic heterocycles. The monoisotopic (exact) mass is 323 g/mol. The molecule has 2 atom stereocenters. The lowest BCUT2D eigenvalue weighted by molar-refractivity contribution is -0.150. The highest BCUT2D eigenvalue weighted by atomic mass is 32.2. The van der Waals surface area contributed by atoms with Crippen molar-refractivity contribution in [2.24, 2.45) is 0 Å². The van der Waals surface area contributed by atoms with Crippen molar-refractivity contribution >= 4 is 23.8 Å². The van der Waals surface area contributed by atoms with Crippen molar-refractivity contribution in [1.82, 2.24) is 4.90 Å². The average Bonchev–Trinajstić information content (AvgIpc) is 2.90. The standard InChI is InChI=1S/C16H21NO4S/c1-3-17(16(14(18)19)9-10-22-12(16)2)15(20)21-11-13-7-5-4-6-8-13/h4-8,12H,3,9-11H2,1-2H3,(H,18,19). The number of carbonyl (C=O) groups excluding carboxylic acids is 1. The van der Waals surface area contributed by atoms with Gasteiger partial charge >= 0.3 is 12.1 Å². The second kappa shape index (κ2) is 7.05. The molecule has 1 saturated heterocycles. The van der Waals surface area contributed by atoms with Gasteiger partial charge in [0, 0.05) is 11.8 Å². The van der Waals surface area contributed by atoms with Crippen LogP contribution in [0.2, 0.25) is 0 Å². The normalized spacial score (nSPS) is 24.0. The lowest BCUT2D eigenvalue weighted by atomic mass is 9.91. The fraction of sp³-hybridized carbons (Fsp3) is 0.500. The topological polar surface area (TPSA) is 66.8 Å². The van der Waals surface area contributed by atoms with Crippen molar-refractivity contribution in [3.8, 4) is 0 Å². The van der Waals surface area contributed by atoms with E-state index in [1.165, 1.54) is 4.90 Å². The predicted octanol–water partition coefficient (Wildman–Crippen LogP) is 2.99. The quantitative estimate of drug-likeness (QED) is 0.902. The van der Waals surface area contributed by atoms with Gasteiger partial charge < -0.3 is 9.84 Å². The molecule has 1 N–H and O–H groups in total. The summed E-state index contributed by atoms with van der Waals surface area (Å²) in [7, 11) is 0. The molecule has 22 heavy (non-hydrogen) atoms. The Morgan fingerprint density at radius 2 is 2.09 bits per heavy atom. The number of hydrogen-bond acceptors (Lipinski definition) is 4. The van der Waals surface area contributed by atoms with Crippen molar-refractivity contribution in [2.75, 3.05) is 12.3 Å². The Hall–Kier alpha value is -1.69. The number of benzene rings is 1. The van der Waals surface area contributed by atoms with Crippen LogP contribution in [-0.2, 0) is 16.1 Å². The minimum Gasteiger partial charge on any atom is -0.479 e. The maximum atomic E-state index is 12.4. The number of carbonyl (C=O) groups is 2. The number of thioether (sulfide) groups is 1. The van der Waals surface area contributed by atoms with Gasteiger partial charge in [0.25, 0.3) is 0 Å². The number of carboxylic acid groups (broad SMARTS) is 1. The Labute approximate surface area is 134 Å². The first kappa shape index (κ1) is 16.7. The maximum absolute atomic E-state index is 12.4. The van der Waals surface area contributed by atoms with Crippen LogP contribution in [0, 0.1) is 0 Å². The first-order valence-corrected chi connectivity index (χ1v) is 8.40. The molecule has 1 heterocycles. The Balaban J connectivity index is 2.12. The summed E-state index contributed by atoms with van der Waals surface area (Å²) in [6.07, 6.45) is -0.120. The molecule has 6 heteroatoms. The smallest absolute Gasteiger partial charge is 0.411 e. The lowest BCUT2D eigenvalue weighted by Crippen LogP contribution is -2.60. The molecule has 0 radical (unpaired) electrons. The van der Waals surface area contributed by atoms with Crippen LogP contribution < -0.4 is 0 Å². The van der Waals surface area contributed by atoms with Crippen LogP contribution in [0.5, 0.6) is 0 Å². The molecule has 120 valence electrons. The predicted molar refractivity (Wildman–Crippen MR) is 85.9 cm³/mol. The molecule has 0 saturated carbocycles. The van der Waals surface area contributed by atoms with Crippen LogP contribution in [0.1, 0.15) is 25.8 Å². The second-order valence-corrected chi connectivity index (χ2v) is 6.73. The molecule has 1 aromatic carbocycles. The Kier molecular flexibility index (Phi) is 5.34. The van der Waals surface area contributed by atoms with E-state index in [0.717, 1.165) is 11.3 Å². The van der Waals surface area contributed by atoms with Crippen molar-refractivity contribution in [2.45, 2.75) is 37.7 Å². The summed E-state index contributed by atoms with van der Waals surface area (Å²) in [6.45, 7) is 4.10. The van der Waals surface area contributed by atoms with Gasteiger partial charge in [0.1, 0.15) is 6.61 Å². The second-order valence-electron chi connectivity index (χ2n) is 5.28. The van der Waals surface area contributed by atoms with E-state index in [9.17, 15) is 14.7 Å². The van der Waals surface area contributed by atoms with E-state index in [1.54, 1.807) is 18.7 Å². The maximum Gasteiger partial charge on any atom is 0.411 e. The minimum absolute atomic E-state index is 0.146. The summed E-state index contributed by atoms with van der Waals surface area (Å²) < 4.78 is 5.33. The molecule has 1 aliphatic rings. The van der Waals surface area contributed by atoms with Gasteiger partial charge in [0.05, 0.1) is 0 Å². The highest BCUT2D eigenvalue weighted by molar-refractivity contribution is 8.00. The van der Waals surface area contributed by atoms with E-state index in [-0.39, 0.29) is 11.9 Å². The summed E-state index contributed by atoms with van der Waals surface area (Å²) in [5.74, 6) is -0.223. The van der Waals surface area contributed by atoms with Crippen molar-refractivity contribution in [3.05, 3.63) is 35.9 Å². The van der Waals surface area contributed by atoms with Gasteiger partial charge in [-0.05, 0) is 24.7 Å². The first-order valence-electron chi connectivity index (χ1n) is 7.35. The molecule has 1 fully saturated rings. The van der Waals surface area contributed by atoms with Gasteiger partial charge in [0.2, 0.25) is 0 Å². The molecule has 0 spiro atoms. The molecule has 1 aromatic rings. The van der Waals surface area contributed by atoms with Crippen molar-refractivity contribution in [3.63, 3.8) is 0 Å². The summed E-state index contributed by atoms with van der Waals surface area (Å²) >= 11 is 1.58. The summed E-state index contributed by atoms with van der Waals surface area (Å²) in [5, 5.41) is 9.55. The summed E-state index contributed by atoms with van der Waals surface area (Å²) in [5.41, 5.74) is -0.294. The van der Waals surface area contributed by atoms with E-state index >= 15 is 0 Å². The summed E-state index contributed by atoms with van der Waals surface area (Å²) in [4.78, 5) is 25.6. The minimum atomic E-state index is -1.17. The van der Waals surface area contributed by atoms with Crippen LogP contribution in [0.15, 0.2) is 30.3 Å². The van der Waals surface area contributed by atoms with E-state index in [2.05, 4.69) is 0 Å². The van der Waals surface area contributed by atoms with Crippen molar-refractivity contribution < 1.29 is 19.4 Å². The van der Waals surface area contributed by atoms with Gasteiger partial charge in [-0.15, -0.1) is 0 Å². The van der Waals surface area contributed by atoms with Crippen LogP contribution >= 0.6 is 11.8 Å². The Morgan fingerprint density at radius 1 is 1.41 bits per heavy atom. The van der Waals surface area contributed by atoms with Crippen LogP contribution in [0.3, 0.4) is 0 Å². The van der Waals surface area contributed by atoms with E-state index < -0.39 is 17.6 Å². The molecular formula is C16H21NO4S. The van der Waals surface area contributed by atoms with Gasteiger partial charge in [-0.3, -0.25) is 4.90 Å². The van der Waals surface area contributed by atoms with Gasteiger partial charge in [-0.1, -0.05) is 37.3 Å². The number of hydrogen-bond donors (Lipinski definition) is 1. The van der Waals surface area contributed by atoms with Crippen LogP contribution in [0.25, 0.3) is 0 Å². The van der Waals surface area contributed by atoms with E-state index in [1.807, 2.05) is 37.3 Å². The lowest BCUT2D eigenvalue weighted by Gasteiger charge is -2.38. The van der Waals surface area contributed by atoms with E-state index in [0.29, 0.717) is 13.0 Å². The average molecular weight is 323 g/mol. The van der Waals surface area contributed by atoms with Gasteiger partial charge in [-0.2, -0.15) is 11.8 Å². The first-order chi connectivity index (χ1) is 10.5. The fourth-order valence-corrected chi connectivity index (χ4v) is 4.26. The highest BCUT2D eigenvalue weighted by Gasteiger charge is 2.54. The molecule has 2 rings (SSSR count). The molecular weight excluding hydrogens is 302 g/mol. The largest absolute Gasteiger partial charge is 0.479 e. The zero-order valence-electron chi connectivity index (χ0n) is 12.8. The molecule has 0 bridgehead atoms. The van der Waals surface area contributed by atoms with Crippen LogP contribution in [0.4, 0.5) is 4.79 Å². The van der Waals surface area contributed by atoms with Crippen molar-refractivity contribution in [1.29, 1.82) is 0 Å². The molecule has 1 amide bonds. The number of carboxylic acids is 1. The molecule has 0 aliphatic carbocycles. The Bertz CT molecular complexity index is 536. The third kappa shape index (κ3) is 3.06. The number of likely N-dealkylation sites (N-methyl/N-ethyl adjacent to an activating group) is 1. The van der Waals surface area contributed by atoms with E-state index in [4.69, 9.17) is 4.74 Å². The number of aliphatic carboxylic acids is 1. The summed E-state index contributed by atoms with van der Waals surface area (Å²) in [6, 6.07) is 9.36. The zero-order valence-corrected chi connectivity index (χ0v) is 13.6. The van der Waals surface area contributed by atoms with Gasteiger partial charge in [-0.25, -0.2) is 9.59 Å². The molecule has 5 nitrogen and oxygen atoms in total.